The van der Waals surface area contributed by atoms with Crippen LogP contribution in [0.3, 0.4) is 0 Å². The van der Waals surface area contributed by atoms with Gasteiger partial charge in [0, 0.05) is 23.9 Å². The summed E-state index contributed by atoms with van der Waals surface area (Å²) in [7, 11) is 4.68. The Kier molecular flexibility index (Phi) is 6.35. The highest BCUT2D eigenvalue weighted by Gasteiger charge is 2.28. The molecule has 8 heteroatoms. The number of carbonyl (C=O) groups is 1. The number of benzene rings is 2. The summed E-state index contributed by atoms with van der Waals surface area (Å²) in [6.45, 7) is 4.88. The van der Waals surface area contributed by atoms with E-state index in [2.05, 4.69) is 9.97 Å². The van der Waals surface area contributed by atoms with Gasteiger partial charge in [-0.1, -0.05) is 6.07 Å². The zero-order chi connectivity index (χ0) is 23.5. The number of rotatable bonds is 5. The Morgan fingerprint density at radius 3 is 2.39 bits per heavy atom. The minimum Gasteiger partial charge on any atom is -0.496 e. The van der Waals surface area contributed by atoms with E-state index in [0.29, 0.717) is 48.3 Å². The molecule has 1 aromatic heterocycles. The molecule has 8 nitrogen and oxygen atoms in total. The molecule has 1 amide bonds. The van der Waals surface area contributed by atoms with Crippen LogP contribution in [0.2, 0.25) is 0 Å². The first-order valence-corrected chi connectivity index (χ1v) is 10.6. The number of aromatic nitrogens is 2. The third kappa shape index (κ3) is 4.28. The van der Waals surface area contributed by atoms with E-state index in [9.17, 15) is 4.79 Å². The van der Waals surface area contributed by atoms with Crippen molar-refractivity contribution in [1.82, 2.24) is 14.9 Å². The van der Waals surface area contributed by atoms with Gasteiger partial charge in [-0.15, -0.1) is 0 Å². The molecule has 4 rings (SSSR count). The van der Waals surface area contributed by atoms with E-state index in [1.54, 1.807) is 36.4 Å². The van der Waals surface area contributed by atoms with E-state index >= 15 is 0 Å². The van der Waals surface area contributed by atoms with Crippen LogP contribution < -0.4 is 18.9 Å². The number of carbonyl (C=O) groups excluding carboxylic acids is 1. The van der Waals surface area contributed by atoms with E-state index in [1.165, 1.54) is 14.2 Å². The maximum Gasteiger partial charge on any atom is 0.261 e. The fraction of sp³-hybridized carbons (Fsp3) is 0.320. The van der Waals surface area contributed by atoms with Gasteiger partial charge in [-0.25, -0.2) is 4.98 Å². The van der Waals surface area contributed by atoms with Crippen molar-refractivity contribution in [1.29, 1.82) is 0 Å². The molecular weight excluding hydrogens is 422 g/mol. The lowest BCUT2D eigenvalue weighted by molar-refractivity contribution is 0.0726. The lowest BCUT2D eigenvalue weighted by Gasteiger charge is -2.22. The molecule has 0 atom stereocenters. The number of ether oxygens (including phenoxy) is 4. The first-order valence-electron chi connectivity index (χ1n) is 10.6. The van der Waals surface area contributed by atoms with Crippen molar-refractivity contribution in [2.75, 3.05) is 34.5 Å². The monoisotopic (exact) mass is 449 g/mol. The molecule has 2 heterocycles. The van der Waals surface area contributed by atoms with Gasteiger partial charge >= 0.3 is 0 Å². The molecule has 0 fully saturated rings. The molecule has 0 saturated carbocycles. The van der Waals surface area contributed by atoms with Crippen molar-refractivity contribution in [3.63, 3.8) is 0 Å². The maximum atomic E-state index is 13.6. The van der Waals surface area contributed by atoms with Crippen LogP contribution in [-0.2, 0) is 6.54 Å². The highest BCUT2D eigenvalue weighted by atomic mass is 16.5. The Bertz CT molecular complexity index is 1170. The fourth-order valence-electron chi connectivity index (χ4n) is 3.98. The summed E-state index contributed by atoms with van der Waals surface area (Å²) in [6.07, 6.45) is 1.74. The average molecular weight is 450 g/mol. The van der Waals surface area contributed by atoms with Crippen LogP contribution in [0.4, 0.5) is 0 Å². The Labute approximate surface area is 193 Å². The zero-order valence-corrected chi connectivity index (χ0v) is 19.5. The van der Waals surface area contributed by atoms with Gasteiger partial charge in [0.15, 0.2) is 11.5 Å². The molecule has 0 aliphatic carbocycles. The Hall–Kier alpha value is -3.81. The molecule has 0 spiro atoms. The summed E-state index contributed by atoms with van der Waals surface area (Å²) in [5.41, 5.74) is 4.46. The van der Waals surface area contributed by atoms with E-state index in [1.807, 2.05) is 26.0 Å². The predicted octanol–water partition coefficient (Wildman–Crippen LogP) is 3.82. The molecule has 1 aliphatic heterocycles. The van der Waals surface area contributed by atoms with Crippen molar-refractivity contribution >= 4 is 5.91 Å². The molecule has 3 aromatic rings. The number of nitrogens with zero attached hydrogens (tertiary/aromatic N) is 3. The Morgan fingerprint density at radius 1 is 1.03 bits per heavy atom. The standard InChI is InChI=1S/C25H27N3O5/c1-15-13-26-16(2)23(27-15)17-11-18-14-28(9-10-33-24(18)21(12-17)32-5)25(29)22-19(30-3)7-6-8-20(22)31-4/h6-8,11-13H,9-10,14H2,1-5H3. The minimum absolute atomic E-state index is 0.198. The molecule has 2 aromatic carbocycles. The first-order chi connectivity index (χ1) is 16.0. The molecule has 0 bridgehead atoms. The van der Waals surface area contributed by atoms with Crippen molar-refractivity contribution in [3.8, 4) is 34.3 Å². The third-order valence-electron chi connectivity index (χ3n) is 5.60. The lowest BCUT2D eigenvalue weighted by atomic mass is 10.0. The third-order valence-corrected chi connectivity index (χ3v) is 5.60. The highest BCUT2D eigenvalue weighted by Crippen LogP contribution is 2.39. The molecule has 33 heavy (non-hydrogen) atoms. The van der Waals surface area contributed by atoms with Crippen molar-refractivity contribution < 1.29 is 23.7 Å². The van der Waals surface area contributed by atoms with Crippen LogP contribution in [0.1, 0.15) is 27.3 Å². The van der Waals surface area contributed by atoms with E-state index in [-0.39, 0.29) is 5.91 Å². The first kappa shape index (κ1) is 22.4. The molecule has 172 valence electrons. The predicted molar refractivity (Wildman–Crippen MR) is 123 cm³/mol. The van der Waals surface area contributed by atoms with E-state index < -0.39 is 0 Å². The summed E-state index contributed by atoms with van der Waals surface area (Å²) in [6, 6.07) is 9.17. The molecule has 0 radical (unpaired) electrons. The van der Waals surface area contributed by atoms with Crippen LogP contribution in [0.25, 0.3) is 11.3 Å². The number of hydrogen-bond acceptors (Lipinski definition) is 7. The number of fused-ring (bicyclic) bond motifs is 1. The lowest BCUT2D eigenvalue weighted by Crippen LogP contribution is -2.33. The van der Waals surface area contributed by atoms with Gasteiger partial charge in [0.05, 0.1) is 45.0 Å². The van der Waals surface area contributed by atoms with Crippen molar-refractivity contribution in [3.05, 3.63) is 59.0 Å². The second-order valence-corrected chi connectivity index (χ2v) is 7.72. The quantitative estimate of drug-likeness (QED) is 0.586. The number of amides is 1. The van der Waals surface area contributed by atoms with Gasteiger partial charge in [-0.05, 0) is 38.1 Å². The van der Waals surface area contributed by atoms with Crippen molar-refractivity contribution in [2.45, 2.75) is 20.4 Å². The second-order valence-electron chi connectivity index (χ2n) is 7.72. The molecular formula is C25H27N3O5. The van der Waals surface area contributed by atoms with Crippen LogP contribution in [0, 0.1) is 13.8 Å². The molecule has 0 saturated heterocycles. The van der Waals surface area contributed by atoms with Gasteiger partial charge in [0.1, 0.15) is 23.7 Å². The average Bonchev–Trinajstić information content (AvgIpc) is 3.06. The molecule has 0 N–H and O–H groups in total. The number of hydrogen-bond donors (Lipinski definition) is 0. The van der Waals surface area contributed by atoms with Crippen LogP contribution >= 0.6 is 0 Å². The fourth-order valence-corrected chi connectivity index (χ4v) is 3.98. The van der Waals surface area contributed by atoms with Gasteiger partial charge < -0.3 is 23.8 Å². The molecule has 0 unspecified atom stereocenters. The van der Waals surface area contributed by atoms with Crippen LogP contribution in [0.5, 0.6) is 23.0 Å². The van der Waals surface area contributed by atoms with Gasteiger partial charge in [0.2, 0.25) is 0 Å². The second kappa shape index (κ2) is 9.36. The summed E-state index contributed by atoms with van der Waals surface area (Å²) < 4.78 is 22.6. The summed E-state index contributed by atoms with van der Waals surface area (Å²) in [5.74, 6) is 1.94. The topological polar surface area (TPSA) is 83.0 Å². The smallest absolute Gasteiger partial charge is 0.261 e. The maximum absolute atomic E-state index is 13.6. The Balaban J connectivity index is 1.77. The SMILES string of the molecule is COc1cc(-c2nc(C)cnc2C)cc2c1OCCN(C(=O)c1c(OC)cccc1OC)C2. The Morgan fingerprint density at radius 2 is 1.73 bits per heavy atom. The van der Waals surface area contributed by atoms with Crippen molar-refractivity contribution in [2.24, 2.45) is 0 Å². The molecule has 1 aliphatic rings. The summed E-state index contributed by atoms with van der Waals surface area (Å²) in [4.78, 5) is 24.4. The summed E-state index contributed by atoms with van der Waals surface area (Å²) in [5, 5.41) is 0. The number of aryl methyl sites for hydroxylation is 2. The highest BCUT2D eigenvalue weighted by molar-refractivity contribution is 5.99. The minimum atomic E-state index is -0.198. The van der Waals surface area contributed by atoms with E-state index in [0.717, 1.165) is 28.2 Å². The van der Waals surface area contributed by atoms with E-state index in [4.69, 9.17) is 18.9 Å². The normalized spacial score (nSPS) is 12.9. The largest absolute Gasteiger partial charge is 0.496 e. The van der Waals surface area contributed by atoms with Gasteiger partial charge in [-0.2, -0.15) is 0 Å². The number of methoxy groups -OCH3 is 3. The summed E-state index contributed by atoms with van der Waals surface area (Å²) >= 11 is 0. The van der Waals surface area contributed by atoms with Gasteiger partial charge in [0.25, 0.3) is 5.91 Å². The van der Waals surface area contributed by atoms with Crippen LogP contribution in [-0.4, -0.2) is 55.3 Å². The van der Waals surface area contributed by atoms with Crippen LogP contribution in [0.15, 0.2) is 36.5 Å². The zero-order valence-electron chi connectivity index (χ0n) is 19.5. The van der Waals surface area contributed by atoms with Gasteiger partial charge in [-0.3, -0.25) is 9.78 Å².